The monoisotopic (exact) mass is 205 g/mol. The van der Waals surface area contributed by atoms with E-state index in [4.69, 9.17) is 30.2 Å². The molecule has 0 heterocycles. The lowest BCUT2D eigenvalue weighted by atomic mass is 10.5. The SMILES string of the molecule is CC(=O)O.CC(=O)O.N#CCC(=O)O. The second-order valence-electron chi connectivity index (χ2n) is 1.77. The summed E-state index contributed by atoms with van der Waals surface area (Å²) in [4.78, 5) is 27.4. The molecule has 0 bridgehead atoms. The molecule has 3 N–H and O–H groups in total. The van der Waals surface area contributed by atoms with Crippen LogP contribution in [0.2, 0.25) is 0 Å². The van der Waals surface area contributed by atoms with Gasteiger partial charge >= 0.3 is 5.97 Å². The van der Waals surface area contributed by atoms with Gasteiger partial charge in [-0.05, 0) is 0 Å². The summed E-state index contributed by atoms with van der Waals surface area (Å²) in [5.41, 5.74) is 0. The van der Waals surface area contributed by atoms with Crippen LogP contribution in [0.25, 0.3) is 0 Å². The van der Waals surface area contributed by atoms with Crippen LogP contribution in [-0.4, -0.2) is 33.2 Å². The minimum Gasteiger partial charge on any atom is -0.481 e. The molecule has 80 valence electrons. The molecule has 0 aliphatic heterocycles. The van der Waals surface area contributed by atoms with E-state index in [1.165, 1.54) is 6.07 Å². The fraction of sp³-hybridized carbons (Fsp3) is 0.429. The third-order valence-electron chi connectivity index (χ3n) is 0.230. The molecule has 0 aromatic heterocycles. The van der Waals surface area contributed by atoms with Crippen LogP contribution in [0.3, 0.4) is 0 Å². The van der Waals surface area contributed by atoms with Crippen molar-refractivity contribution in [3.8, 4) is 6.07 Å². The maximum Gasteiger partial charge on any atom is 0.317 e. The number of carboxylic acid groups (broad SMARTS) is 3. The van der Waals surface area contributed by atoms with Crippen molar-refractivity contribution in [2.75, 3.05) is 0 Å². The first-order valence-electron chi connectivity index (χ1n) is 3.21. The van der Waals surface area contributed by atoms with E-state index < -0.39 is 24.3 Å². The molecule has 0 aromatic rings. The summed E-state index contributed by atoms with van der Waals surface area (Å²) in [7, 11) is 0. The molecule has 7 heteroatoms. The number of carbonyl (C=O) groups is 3. The van der Waals surface area contributed by atoms with Gasteiger partial charge in [0.1, 0.15) is 6.42 Å². The molecule has 0 atom stereocenters. The fourth-order valence-electron chi connectivity index (χ4n) is 0.0676. The van der Waals surface area contributed by atoms with Gasteiger partial charge in [-0.2, -0.15) is 5.26 Å². The van der Waals surface area contributed by atoms with Crippen LogP contribution in [-0.2, 0) is 14.4 Å². The number of nitrogens with zero attached hydrogens (tertiary/aromatic N) is 1. The number of aliphatic carboxylic acids is 3. The second kappa shape index (κ2) is 13.5. The Kier molecular flexibility index (Phi) is 17.2. The zero-order valence-corrected chi connectivity index (χ0v) is 7.72. The number of hydrogen-bond donors (Lipinski definition) is 3. The highest BCUT2D eigenvalue weighted by atomic mass is 16.4. The maximum absolute atomic E-state index is 9.38. The van der Waals surface area contributed by atoms with Crippen molar-refractivity contribution in [1.29, 1.82) is 5.26 Å². The molecule has 0 saturated carbocycles. The standard InChI is InChI=1S/C3H3NO2.2C2H4O2/c4-2-1-3(5)6;2*1-2(3)4/h1H2,(H,5,6);2*1H3,(H,3,4). The van der Waals surface area contributed by atoms with Gasteiger partial charge in [0.05, 0.1) is 6.07 Å². The van der Waals surface area contributed by atoms with Crippen molar-refractivity contribution in [3.05, 3.63) is 0 Å². The molecule has 0 spiro atoms. The second-order valence-corrected chi connectivity index (χ2v) is 1.77. The van der Waals surface area contributed by atoms with Gasteiger partial charge in [-0.1, -0.05) is 0 Å². The number of rotatable bonds is 1. The van der Waals surface area contributed by atoms with Gasteiger partial charge in [-0.3, -0.25) is 14.4 Å². The van der Waals surface area contributed by atoms with Gasteiger partial charge in [0, 0.05) is 13.8 Å². The lowest BCUT2D eigenvalue weighted by molar-refractivity contribution is -0.136. The fourth-order valence-corrected chi connectivity index (χ4v) is 0.0676. The minimum absolute atomic E-state index is 0.403. The molecule has 0 amide bonds. The minimum atomic E-state index is -1.07. The summed E-state index contributed by atoms with van der Waals surface area (Å²) < 4.78 is 0. The van der Waals surface area contributed by atoms with Crippen molar-refractivity contribution in [2.45, 2.75) is 20.3 Å². The van der Waals surface area contributed by atoms with Gasteiger partial charge in [-0.15, -0.1) is 0 Å². The smallest absolute Gasteiger partial charge is 0.317 e. The molecule has 7 nitrogen and oxygen atoms in total. The first-order valence-corrected chi connectivity index (χ1v) is 3.21. The van der Waals surface area contributed by atoms with Gasteiger partial charge in [0.2, 0.25) is 0 Å². The average Bonchev–Trinajstić information content (AvgIpc) is 1.82. The van der Waals surface area contributed by atoms with Gasteiger partial charge in [0.15, 0.2) is 0 Å². The maximum atomic E-state index is 9.38. The van der Waals surface area contributed by atoms with E-state index in [2.05, 4.69) is 0 Å². The highest BCUT2D eigenvalue weighted by Crippen LogP contribution is 1.68. The molecular weight excluding hydrogens is 194 g/mol. The summed E-state index contributed by atoms with van der Waals surface area (Å²) >= 11 is 0. The van der Waals surface area contributed by atoms with Crippen LogP contribution in [0, 0.1) is 11.3 Å². The third-order valence-corrected chi connectivity index (χ3v) is 0.230. The van der Waals surface area contributed by atoms with E-state index in [0.29, 0.717) is 0 Å². The van der Waals surface area contributed by atoms with Crippen LogP contribution in [0.1, 0.15) is 20.3 Å². The van der Waals surface area contributed by atoms with Crippen LogP contribution < -0.4 is 0 Å². The van der Waals surface area contributed by atoms with Crippen LogP contribution >= 0.6 is 0 Å². The van der Waals surface area contributed by atoms with Crippen molar-refractivity contribution in [1.82, 2.24) is 0 Å². The third kappa shape index (κ3) is 968. The zero-order chi connectivity index (χ0) is 12.1. The predicted molar refractivity (Wildman–Crippen MR) is 44.5 cm³/mol. The van der Waals surface area contributed by atoms with E-state index in [0.717, 1.165) is 13.8 Å². The molecule has 0 fully saturated rings. The average molecular weight is 205 g/mol. The Morgan fingerprint density at radius 1 is 1.07 bits per heavy atom. The Hall–Kier alpha value is -2.10. The summed E-state index contributed by atoms with van der Waals surface area (Å²) in [6, 6.07) is 1.47. The largest absolute Gasteiger partial charge is 0.481 e. The summed E-state index contributed by atoms with van der Waals surface area (Å²) in [6.07, 6.45) is -0.403. The van der Waals surface area contributed by atoms with E-state index >= 15 is 0 Å². The summed E-state index contributed by atoms with van der Waals surface area (Å²) in [6.45, 7) is 2.17. The molecular formula is C7H11NO6. The first-order chi connectivity index (χ1) is 6.23. The Morgan fingerprint density at radius 2 is 1.29 bits per heavy atom. The molecule has 0 aliphatic carbocycles. The molecule has 0 rings (SSSR count). The lowest BCUT2D eigenvalue weighted by Gasteiger charge is -1.70. The number of hydrogen-bond acceptors (Lipinski definition) is 4. The molecule has 0 aromatic carbocycles. The van der Waals surface area contributed by atoms with Crippen LogP contribution in [0.15, 0.2) is 0 Å². The predicted octanol–water partition coefficient (Wildman–Crippen LogP) is 0.166. The van der Waals surface area contributed by atoms with E-state index in [1.807, 2.05) is 0 Å². The summed E-state index contributed by atoms with van der Waals surface area (Å²) in [5, 5.41) is 30.1. The highest BCUT2D eigenvalue weighted by Gasteiger charge is 1.87. The van der Waals surface area contributed by atoms with Crippen molar-refractivity contribution >= 4 is 17.9 Å². The van der Waals surface area contributed by atoms with Gasteiger partial charge < -0.3 is 15.3 Å². The lowest BCUT2D eigenvalue weighted by Crippen LogP contribution is -1.88. The normalized spacial score (nSPS) is 6.36. The first kappa shape index (κ1) is 17.8. The Labute approximate surface area is 80.2 Å². The molecule has 14 heavy (non-hydrogen) atoms. The summed E-state index contributed by atoms with van der Waals surface area (Å²) in [5.74, 6) is -2.74. The quantitative estimate of drug-likeness (QED) is 0.554. The van der Waals surface area contributed by atoms with Crippen molar-refractivity contribution in [3.63, 3.8) is 0 Å². The van der Waals surface area contributed by atoms with Crippen molar-refractivity contribution < 1.29 is 29.7 Å². The molecule has 0 saturated heterocycles. The Bertz CT molecular complexity index is 209. The topological polar surface area (TPSA) is 136 Å². The molecule has 0 unspecified atom stereocenters. The molecule has 0 radical (unpaired) electrons. The van der Waals surface area contributed by atoms with Crippen LogP contribution in [0.4, 0.5) is 0 Å². The van der Waals surface area contributed by atoms with Gasteiger partial charge in [-0.25, -0.2) is 0 Å². The zero-order valence-electron chi connectivity index (χ0n) is 7.72. The Morgan fingerprint density at radius 3 is 1.29 bits per heavy atom. The molecule has 0 aliphatic rings. The number of nitriles is 1. The van der Waals surface area contributed by atoms with Crippen LogP contribution in [0.5, 0.6) is 0 Å². The van der Waals surface area contributed by atoms with E-state index in [-0.39, 0.29) is 0 Å². The number of carboxylic acids is 3. The van der Waals surface area contributed by atoms with E-state index in [9.17, 15) is 4.79 Å². The van der Waals surface area contributed by atoms with E-state index in [1.54, 1.807) is 0 Å². The van der Waals surface area contributed by atoms with Gasteiger partial charge in [0.25, 0.3) is 11.9 Å². The van der Waals surface area contributed by atoms with Crippen molar-refractivity contribution in [2.24, 2.45) is 0 Å². The highest BCUT2D eigenvalue weighted by molar-refractivity contribution is 5.69. The Balaban J connectivity index is -0.000000135.